The maximum absolute atomic E-state index is 12.8. The first-order valence-electron chi connectivity index (χ1n) is 8.59. The van der Waals surface area contributed by atoms with E-state index >= 15 is 0 Å². The third kappa shape index (κ3) is 3.05. The highest BCUT2D eigenvalue weighted by Gasteiger charge is 2.50. The van der Waals surface area contributed by atoms with E-state index in [-0.39, 0.29) is 17.4 Å². The molecule has 0 radical (unpaired) electrons. The molecule has 2 fully saturated rings. The molecule has 0 N–H and O–H groups in total. The predicted octanol–water partition coefficient (Wildman–Crippen LogP) is 4.93. The molecule has 3 rings (SSSR count). The van der Waals surface area contributed by atoms with E-state index < -0.39 is 11.7 Å². The minimum Gasteiger partial charge on any atom is -0.367 e. The van der Waals surface area contributed by atoms with Gasteiger partial charge >= 0.3 is 6.18 Å². The molecule has 5 heteroatoms. The van der Waals surface area contributed by atoms with Crippen molar-refractivity contribution in [3.05, 3.63) is 29.8 Å². The Bertz CT molecular complexity index is 620. The fraction of sp³-hybridized carbons (Fsp3) is 0.632. The molecular formula is C19H24F3NO. The Balaban J connectivity index is 1.91. The van der Waals surface area contributed by atoms with E-state index in [9.17, 15) is 18.0 Å². The van der Waals surface area contributed by atoms with Crippen molar-refractivity contribution >= 4 is 11.5 Å². The summed E-state index contributed by atoms with van der Waals surface area (Å²) in [6.07, 6.45) is -1.89. The number of halogens is 3. The van der Waals surface area contributed by atoms with Crippen LogP contribution in [0, 0.1) is 17.3 Å². The van der Waals surface area contributed by atoms with E-state index in [0.29, 0.717) is 18.1 Å². The van der Waals surface area contributed by atoms with Crippen LogP contribution in [0.25, 0.3) is 0 Å². The molecule has 1 heterocycles. The van der Waals surface area contributed by atoms with Gasteiger partial charge in [-0.05, 0) is 42.0 Å². The SMILES string of the molecule is CCC1CN(c2ccc(C(F)(F)F)cc2)C2CC(C)(C)CC(=O)C12. The number of carbonyl (C=O) groups excluding carboxylic acids is 1. The number of carbonyl (C=O) groups is 1. The van der Waals surface area contributed by atoms with Gasteiger partial charge in [0.05, 0.1) is 5.56 Å². The van der Waals surface area contributed by atoms with Gasteiger partial charge in [0.25, 0.3) is 0 Å². The summed E-state index contributed by atoms with van der Waals surface area (Å²) in [7, 11) is 0. The molecule has 0 amide bonds. The summed E-state index contributed by atoms with van der Waals surface area (Å²) >= 11 is 0. The number of benzene rings is 1. The summed E-state index contributed by atoms with van der Waals surface area (Å²) < 4.78 is 38.3. The van der Waals surface area contributed by atoms with Gasteiger partial charge < -0.3 is 4.90 Å². The highest BCUT2D eigenvalue weighted by molar-refractivity contribution is 5.85. The van der Waals surface area contributed by atoms with Gasteiger partial charge in [-0.2, -0.15) is 13.2 Å². The molecule has 3 unspecified atom stereocenters. The number of nitrogens with zero attached hydrogens (tertiary/aromatic N) is 1. The van der Waals surface area contributed by atoms with Crippen LogP contribution in [0.2, 0.25) is 0 Å². The van der Waals surface area contributed by atoms with Gasteiger partial charge in [0.1, 0.15) is 5.78 Å². The fourth-order valence-corrected chi connectivity index (χ4v) is 4.47. The van der Waals surface area contributed by atoms with Crippen LogP contribution in [0.5, 0.6) is 0 Å². The quantitative estimate of drug-likeness (QED) is 0.762. The number of fused-ring (bicyclic) bond motifs is 1. The molecule has 24 heavy (non-hydrogen) atoms. The fourth-order valence-electron chi connectivity index (χ4n) is 4.47. The number of rotatable bonds is 2. The van der Waals surface area contributed by atoms with Gasteiger partial charge in [-0.3, -0.25) is 4.79 Å². The van der Waals surface area contributed by atoms with Crippen LogP contribution < -0.4 is 4.90 Å². The zero-order valence-electron chi connectivity index (χ0n) is 14.4. The Morgan fingerprint density at radius 3 is 2.38 bits per heavy atom. The molecule has 132 valence electrons. The predicted molar refractivity (Wildman–Crippen MR) is 87.9 cm³/mol. The lowest BCUT2D eigenvalue weighted by atomic mass is 9.67. The second-order valence-electron chi connectivity index (χ2n) is 7.97. The van der Waals surface area contributed by atoms with Crippen LogP contribution >= 0.6 is 0 Å². The maximum atomic E-state index is 12.8. The number of alkyl halides is 3. The van der Waals surface area contributed by atoms with Gasteiger partial charge in [-0.1, -0.05) is 27.2 Å². The summed E-state index contributed by atoms with van der Waals surface area (Å²) in [6, 6.07) is 5.47. The van der Waals surface area contributed by atoms with E-state index in [1.54, 1.807) is 12.1 Å². The van der Waals surface area contributed by atoms with E-state index in [2.05, 4.69) is 25.7 Å². The molecule has 0 spiro atoms. The number of anilines is 1. The average molecular weight is 339 g/mol. The van der Waals surface area contributed by atoms with Crippen LogP contribution in [0.3, 0.4) is 0 Å². The van der Waals surface area contributed by atoms with Crippen LogP contribution in [0.15, 0.2) is 24.3 Å². The van der Waals surface area contributed by atoms with Crippen molar-refractivity contribution in [2.45, 2.75) is 52.3 Å². The molecule has 1 aromatic rings. The first-order valence-corrected chi connectivity index (χ1v) is 8.59. The second-order valence-corrected chi connectivity index (χ2v) is 7.97. The third-order valence-corrected chi connectivity index (χ3v) is 5.59. The molecule has 1 saturated heterocycles. The Hall–Kier alpha value is -1.52. The minimum atomic E-state index is -4.32. The molecule has 2 aliphatic rings. The van der Waals surface area contributed by atoms with Crippen molar-refractivity contribution in [2.75, 3.05) is 11.4 Å². The zero-order chi connectivity index (χ0) is 17.7. The molecule has 0 bridgehead atoms. The molecule has 1 aliphatic heterocycles. The van der Waals surface area contributed by atoms with Gasteiger partial charge in [0, 0.05) is 30.6 Å². The van der Waals surface area contributed by atoms with Crippen molar-refractivity contribution in [3.8, 4) is 0 Å². The van der Waals surface area contributed by atoms with Crippen molar-refractivity contribution in [3.63, 3.8) is 0 Å². The van der Waals surface area contributed by atoms with Crippen LogP contribution in [-0.2, 0) is 11.0 Å². The largest absolute Gasteiger partial charge is 0.416 e. The molecule has 1 aliphatic carbocycles. The highest BCUT2D eigenvalue weighted by Crippen LogP contribution is 2.47. The van der Waals surface area contributed by atoms with Gasteiger partial charge in [0.2, 0.25) is 0 Å². The van der Waals surface area contributed by atoms with E-state index in [4.69, 9.17) is 0 Å². The summed E-state index contributed by atoms with van der Waals surface area (Å²) in [5.41, 5.74) is 0.110. The minimum absolute atomic E-state index is 0.0188. The highest BCUT2D eigenvalue weighted by atomic mass is 19.4. The van der Waals surface area contributed by atoms with Crippen LogP contribution in [-0.4, -0.2) is 18.4 Å². The monoisotopic (exact) mass is 339 g/mol. The standard InChI is InChI=1S/C19H24F3NO/c1-4-12-11-23(14-7-5-13(6-8-14)19(20,21)22)15-9-18(2,3)10-16(24)17(12)15/h5-8,12,15,17H,4,9-11H2,1-3H3. The smallest absolute Gasteiger partial charge is 0.367 e. The molecule has 2 nitrogen and oxygen atoms in total. The molecular weight excluding hydrogens is 315 g/mol. The lowest BCUT2D eigenvalue weighted by Crippen LogP contribution is -2.45. The van der Waals surface area contributed by atoms with Crippen molar-refractivity contribution in [1.82, 2.24) is 0 Å². The zero-order valence-corrected chi connectivity index (χ0v) is 14.4. The first-order chi connectivity index (χ1) is 11.1. The lowest BCUT2D eigenvalue weighted by molar-refractivity contribution is -0.137. The van der Waals surface area contributed by atoms with Crippen LogP contribution in [0.4, 0.5) is 18.9 Å². The summed E-state index contributed by atoms with van der Waals surface area (Å²) in [4.78, 5) is 14.8. The third-order valence-electron chi connectivity index (χ3n) is 5.59. The molecule has 1 aromatic carbocycles. The number of hydrogen-bond acceptors (Lipinski definition) is 2. The first kappa shape index (κ1) is 17.3. The number of Topliss-reactive ketones (excluding diaryl/α,β-unsaturated/α-hetero) is 1. The number of hydrogen-bond donors (Lipinski definition) is 0. The summed E-state index contributed by atoms with van der Waals surface area (Å²) in [5, 5.41) is 0. The second kappa shape index (κ2) is 5.78. The van der Waals surface area contributed by atoms with E-state index in [0.717, 1.165) is 37.2 Å². The Kier molecular flexibility index (Phi) is 4.17. The Morgan fingerprint density at radius 2 is 1.83 bits per heavy atom. The maximum Gasteiger partial charge on any atom is 0.416 e. The van der Waals surface area contributed by atoms with Crippen molar-refractivity contribution < 1.29 is 18.0 Å². The van der Waals surface area contributed by atoms with Gasteiger partial charge in [-0.15, -0.1) is 0 Å². The van der Waals surface area contributed by atoms with Gasteiger partial charge in [0.15, 0.2) is 0 Å². The van der Waals surface area contributed by atoms with Gasteiger partial charge in [-0.25, -0.2) is 0 Å². The molecule has 0 aromatic heterocycles. The van der Waals surface area contributed by atoms with E-state index in [1.165, 1.54) is 0 Å². The Labute approximate surface area is 141 Å². The average Bonchev–Trinajstić information content (AvgIpc) is 2.83. The van der Waals surface area contributed by atoms with E-state index in [1.807, 2.05) is 0 Å². The van der Waals surface area contributed by atoms with Crippen molar-refractivity contribution in [1.29, 1.82) is 0 Å². The molecule has 1 saturated carbocycles. The lowest BCUT2D eigenvalue weighted by Gasteiger charge is -2.41. The topological polar surface area (TPSA) is 20.3 Å². The molecule has 3 atom stereocenters. The van der Waals surface area contributed by atoms with Crippen LogP contribution in [0.1, 0.15) is 45.6 Å². The summed E-state index contributed by atoms with van der Waals surface area (Å²) in [6.45, 7) is 7.04. The summed E-state index contributed by atoms with van der Waals surface area (Å²) in [5.74, 6) is 0.628. The Morgan fingerprint density at radius 1 is 1.21 bits per heavy atom. The number of ketones is 1. The normalized spacial score (nSPS) is 29.7. The van der Waals surface area contributed by atoms with Crippen molar-refractivity contribution in [2.24, 2.45) is 17.3 Å².